The summed E-state index contributed by atoms with van der Waals surface area (Å²) in [5, 5.41) is 6.02. The topological polar surface area (TPSA) is 67.4 Å². The Balaban J connectivity index is 2.07. The maximum Gasteiger partial charge on any atom is 0.233 e. The number of anilines is 2. The molecule has 0 fully saturated rings. The Morgan fingerprint density at radius 1 is 1.00 bits per heavy atom. The highest BCUT2D eigenvalue weighted by Crippen LogP contribution is 2.28. The molecule has 2 aromatic carbocycles. The fourth-order valence-corrected chi connectivity index (χ4v) is 2.88. The number of hydrogen-bond donors (Lipinski definition) is 2. The molecule has 2 rings (SSSR count). The van der Waals surface area contributed by atoms with Crippen molar-refractivity contribution in [3.8, 4) is 5.75 Å². The number of amides is 2. The number of carbonyl (C=O) groups is 2. The molecule has 0 spiro atoms. The lowest BCUT2D eigenvalue weighted by atomic mass is 10.0. The van der Waals surface area contributed by atoms with Crippen molar-refractivity contribution in [2.45, 2.75) is 33.1 Å². The van der Waals surface area contributed by atoms with Gasteiger partial charge in [0.25, 0.3) is 0 Å². The van der Waals surface area contributed by atoms with E-state index in [1.807, 2.05) is 32.0 Å². The molecule has 5 nitrogen and oxygen atoms in total. The first kappa shape index (κ1) is 19.8. The second kappa shape index (κ2) is 9.25. The van der Waals surface area contributed by atoms with Gasteiger partial charge in [0.05, 0.1) is 12.8 Å². The van der Waals surface area contributed by atoms with E-state index in [9.17, 15) is 9.59 Å². The highest BCUT2D eigenvalue weighted by atomic mass is 35.5. The molecule has 2 aromatic rings. The lowest BCUT2D eigenvalue weighted by molar-refractivity contribution is -0.123. The third-order valence-electron chi connectivity index (χ3n) is 4.02. The average molecular weight is 375 g/mol. The first-order valence-electron chi connectivity index (χ1n) is 8.52. The van der Waals surface area contributed by atoms with Crippen LogP contribution in [0.3, 0.4) is 0 Å². The van der Waals surface area contributed by atoms with E-state index < -0.39 is 5.91 Å². The number of para-hydroxylation sites is 1. The molecule has 0 aromatic heterocycles. The number of ether oxygens (including phenoxy) is 1. The summed E-state index contributed by atoms with van der Waals surface area (Å²) in [4.78, 5) is 24.6. The molecular weight excluding hydrogens is 352 g/mol. The number of nitrogens with one attached hydrogen (secondary N) is 2. The van der Waals surface area contributed by atoms with E-state index in [0.29, 0.717) is 16.5 Å². The number of halogens is 1. The molecule has 0 atom stereocenters. The van der Waals surface area contributed by atoms with Crippen LogP contribution in [0.1, 0.15) is 31.4 Å². The minimum atomic E-state index is -0.435. The Kier molecular flexibility index (Phi) is 7.04. The van der Waals surface area contributed by atoms with Gasteiger partial charge in [-0.1, -0.05) is 43.6 Å². The molecule has 0 aliphatic rings. The quantitative estimate of drug-likeness (QED) is 0.704. The van der Waals surface area contributed by atoms with Crippen molar-refractivity contribution in [2.75, 3.05) is 17.7 Å². The summed E-state index contributed by atoms with van der Waals surface area (Å²) in [6.07, 6.45) is 1.31. The second-order valence-corrected chi connectivity index (χ2v) is 6.21. The van der Waals surface area contributed by atoms with Crippen molar-refractivity contribution in [2.24, 2.45) is 0 Å². The number of hydrogen-bond acceptors (Lipinski definition) is 3. The predicted molar refractivity (Wildman–Crippen MR) is 105 cm³/mol. The molecule has 2 N–H and O–H groups in total. The van der Waals surface area contributed by atoms with Gasteiger partial charge in [-0.25, -0.2) is 0 Å². The molecule has 0 saturated carbocycles. The molecule has 0 aliphatic heterocycles. The first-order chi connectivity index (χ1) is 12.5. The summed E-state index contributed by atoms with van der Waals surface area (Å²) in [6.45, 7) is 4.06. The number of carbonyl (C=O) groups excluding carboxylic acids is 2. The summed E-state index contributed by atoms with van der Waals surface area (Å²) < 4.78 is 5.19. The number of benzene rings is 2. The lowest BCUT2D eigenvalue weighted by Crippen LogP contribution is -2.22. The minimum Gasteiger partial charge on any atom is -0.495 e. The average Bonchev–Trinajstić information content (AvgIpc) is 2.61. The highest BCUT2D eigenvalue weighted by Gasteiger charge is 2.15. The van der Waals surface area contributed by atoms with Gasteiger partial charge in [0, 0.05) is 10.7 Å². The van der Waals surface area contributed by atoms with E-state index in [4.69, 9.17) is 16.3 Å². The van der Waals surface area contributed by atoms with Crippen molar-refractivity contribution < 1.29 is 14.3 Å². The summed E-state index contributed by atoms with van der Waals surface area (Å²) in [7, 11) is 1.50. The fraction of sp³-hybridized carbons (Fsp3) is 0.300. The van der Waals surface area contributed by atoms with Gasteiger partial charge in [-0.15, -0.1) is 0 Å². The van der Waals surface area contributed by atoms with Crippen molar-refractivity contribution in [3.05, 3.63) is 52.5 Å². The maximum atomic E-state index is 12.3. The van der Waals surface area contributed by atoms with Gasteiger partial charge in [-0.2, -0.15) is 0 Å². The Hall–Kier alpha value is -2.53. The van der Waals surface area contributed by atoms with Gasteiger partial charge in [0.15, 0.2) is 0 Å². The van der Waals surface area contributed by atoms with E-state index in [2.05, 4.69) is 10.6 Å². The monoisotopic (exact) mass is 374 g/mol. The molecule has 0 radical (unpaired) electrons. The van der Waals surface area contributed by atoms with Crippen LogP contribution in [-0.4, -0.2) is 18.9 Å². The van der Waals surface area contributed by atoms with Crippen LogP contribution in [0.25, 0.3) is 0 Å². The largest absolute Gasteiger partial charge is 0.495 e. The number of rotatable bonds is 7. The Morgan fingerprint density at radius 2 is 1.62 bits per heavy atom. The van der Waals surface area contributed by atoms with Crippen LogP contribution in [0, 0.1) is 0 Å². The molecule has 0 aliphatic carbocycles. The molecule has 26 heavy (non-hydrogen) atoms. The van der Waals surface area contributed by atoms with Gasteiger partial charge in [-0.05, 0) is 42.2 Å². The van der Waals surface area contributed by atoms with E-state index in [0.717, 1.165) is 29.7 Å². The Labute approximate surface area is 158 Å². The van der Waals surface area contributed by atoms with Gasteiger partial charge >= 0.3 is 0 Å². The molecule has 138 valence electrons. The van der Waals surface area contributed by atoms with Gasteiger partial charge < -0.3 is 15.4 Å². The molecule has 6 heteroatoms. The van der Waals surface area contributed by atoms with Crippen molar-refractivity contribution >= 4 is 34.8 Å². The van der Waals surface area contributed by atoms with Gasteiger partial charge in [0.2, 0.25) is 11.8 Å². The van der Waals surface area contributed by atoms with Crippen LogP contribution in [0.5, 0.6) is 5.75 Å². The van der Waals surface area contributed by atoms with E-state index >= 15 is 0 Å². The van der Waals surface area contributed by atoms with Crippen molar-refractivity contribution in [3.63, 3.8) is 0 Å². The standard InChI is InChI=1S/C20H23ClN2O3/c1-4-13-7-6-8-14(5-2)20(13)23-19(25)12-18(24)22-16-11-15(21)9-10-17(16)26-3/h6-11H,4-5,12H2,1-3H3,(H,22,24)(H,23,25). The number of methoxy groups -OCH3 is 1. The van der Waals surface area contributed by atoms with Crippen LogP contribution < -0.4 is 15.4 Å². The fourth-order valence-electron chi connectivity index (χ4n) is 2.70. The van der Waals surface area contributed by atoms with Crippen molar-refractivity contribution in [1.29, 1.82) is 0 Å². The molecule has 0 bridgehead atoms. The van der Waals surface area contributed by atoms with Crippen LogP contribution in [0.2, 0.25) is 5.02 Å². The van der Waals surface area contributed by atoms with Crippen LogP contribution >= 0.6 is 11.6 Å². The predicted octanol–water partition coefficient (Wildman–Crippen LogP) is 4.44. The SMILES string of the molecule is CCc1cccc(CC)c1NC(=O)CC(=O)Nc1cc(Cl)ccc1OC. The third-order valence-corrected chi connectivity index (χ3v) is 4.26. The molecule has 0 heterocycles. The van der Waals surface area contributed by atoms with Crippen LogP contribution in [0.4, 0.5) is 11.4 Å². The highest BCUT2D eigenvalue weighted by molar-refractivity contribution is 6.31. The van der Waals surface area contributed by atoms with E-state index in [1.165, 1.54) is 7.11 Å². The molecule has 2 amide bonds. The maximum absolute atomic E-state index is 12.3. The van der Waals surface area contributed by atoms with Gasteiger partial charge in [-0.3, -0.25) is 9.59 Å². The van der Waals surface area contributed by atoms with Gasteiger partial charge in [0.1, 0.15) is 12.2 Å². The summed E-state index contributed by atoms with van der Waals surface area (Å²) in [5.74, 6) is -0.318. The minimum absolute atomic E-state index is 0.295. The van der Waals surface area contributed by atoms with E-state index in [1.54, 1.807) is 18.2 Å². The smallest absolute Gasteiger partial charge is 0.233 e. The van der Waals surface area contributed by atoms with Crippen molar-refractivity contribution in [1.82, 2.24) is 0 Å². The normalized spacial score (nSPS) is 10.3. The molecular formula is C20H23ClN2O3. The molecule has 0 saturated heterocycles. The third kappa shape index (κ3) is 4.99. The van der Waals surface area contributed by atoms with E-state index in [-0.39, 0.29) is 12.3 Å². The zero-order valence-electron chi connectivity index (χ0n) is 15.2. The summed E-state index contributed by atoms with van der Waals surface area (Å²) in [5.41, 5.74) is 3.33. The summed E-state index contributed by atoms with van der Waals surface area (Å²) in [6, 6.07) is 10.8. The second-order valence-electron chi connectivity index (χ2n) is 5.78. The Bertz CT molecular complexity index is 783. The first-order valence-corrected chi connectivity index (χ1v) is 8.90. The summed E-state index contributed by atoms with van der Waals surface area (Å²) >= 11 is 5.95. The van der Waals surface area contributed by atoms with Crippen LogP contribution in [0.15, 0.2) is 36.4 Å². The van der Waals surface area contributed by atoms with Crippen LogP contribution in [-0.2, 0) is 22.4 Å². The lowest BCUT2D eigenvalue weighted by Gasteiger charge is -2.15. The number of aryl methyl sites for hydroxylation is 2. The Morgan fingerprint density at radius 3 is 2.19 bits per heavy atom. The zero-order valence-corrected chi connectivity index (χ0v) is 15.9. The molecule has 0 unspecified atom stereocenters. The zero-order chi connectivity index (χ0) is 19.1.